The predicted molar refractivity (Wildman–Crippen MR) is 123 cm³/mol. The summed E-state index contributed by atoms with van der Waals surface area (Å²) in [6.07, 6.45) is 0. The molecule has 6 heteroatoms. The van der Waals surface area contributed by atoms with E-state index in [1.165, 1.54) is 10.8 Å². The van der Waals surface area contributed by atoms with Gasteiger partial charge in [-0.25, -0.2) is 0 Å². The van der Waals surface area contributed by atoms with Crippen LogP contribution in [-0.4, -0.2) is 60.1 Å². The summed E-state index contributed by atoms with van der Waals surface area (Å²) < 4.78 is 0. The van der Waals surface area contributed by atoms with Crippen molar-refractivity contribution in [1.29, 1.82) is 0 Å². The largest absolute Gasteiger partial charge is 0.339 e. The van der Waals surface area contributed by atoms with E-state index in [2.05, 4.69) is 40.5 Å². The van der Waals surface area contributed by atoms with E-state index in [0.29, 0.717) is 38.5 Å². The van der Waals surface area contributed by atoms with Gasteiger partial charge in [0, 0.05) is 36.8 Å². The highest BCUT2D eigenvalue weighted by molar-refractivity contribution is 8.00. The molecule has 0 radical (unpaired) electrons. The molecule has 3 aromatic rings. The molecule has 4 rings (SSSR count). The second-order valence-corrected chi connectivity index (χ2v) is 8.42. The quantitative estimate of drug-likeness (QED) is 0.619. The van der Waals surface area contributed by atoms with E-state index in [1.807, 2.05) is 47.4 Å². The van der Waals surface area contributed by atoms with Gasteiger partial charge in [-0.2, -0.15) is 0 Å². The van der Waals surface area contributed by atoms with Gasteiger partial charge in [0.25, 0.3) is 0 Å². The first-order valence-electron chi connectivity index (χ1n) is 10.1. The van der Waals surface area contributed by atoms with Crippen molar-refractivity contribution in [2.75, 3.05) is 43.8 Å². The number of para-hydroxylation sites is 1. The predicted octanol–water partition coefficient (Wildman–Crippen LogP) is 3.71. The second kappa shape index (κ2) is 9.78. The smallest absolute Gasteiger partial charge is 0.238 e. The Hall–Kier alpha value is -2.83. The molecular weight excluding hydrogens is 394 g/mol. The van der Waals surface area contributed by atoms with Crippen LogP contribution >= 0.6 is 11.8 Å². The Labute approximate surface area is 181 Å². The van der Waals surface area contributed by atoms with E-state index in [-0.39, 0.29) is 11.8 Å². The maximum absolute atomic E-state index is 12.6. The normalized spacial score (nSPS) is 14.6. The van der Waals surface area contributed by atoms with Crippen LogP contribution in [0.5, 0.6) is 0 Å². The van der Waals surface area contributed by atoms with Crippen molar-refractivity contribution in [2.24, 2.45) is 0 Å². The molecule has 1 saturated heterocycles. The Balaban J connectivity index is 1.21. The van der Waals surface area contributed by atoms with Gasteiger partial charge >= 0.3 is 0 Å². The zero-order valence-electron chi connectivity index (χ0n) is 16.8. The lowest BCUT2D eigenvalue weighted by molar-refractivity contribution is -0.130. The molecule has 1 aliphatic rings. The van der Waals surface area contributed by atoms with Gasteiger partial charge < -0.3 is 10.2 Å². The number of hydrogen-bond donors (Lipinski definition) is 1. The first-order valence-corrected chi connectivity index (χ1v) is 11.1. The van der Waals surface area contributed by atoms with Gasteiger partial charge in [0.2, 0.25) is 11.8 Å². The van der Waals surface area contributed by atoms with E-state index in [0.717, 1.165) is 10.6 Å². The molecule has 0 unspecified atom stereocenters. The zero-order valence-corrected chi connectivity index (χ0v) is 17.6. The molecule has 0 aromatic heterocycles. The molecule has 1 heterocycles. The highest BCUT2D eigenvalue weighted by Gasteiger charge is 2.22. The zero-order chi connectivity index (χ0) is 20.8. The number of thioether (sulfide) groups is 1. The monoisotopic (exact) mass is 419 g/mol. The van der Waals surface area contributed by atoms with Gasteiger partial charge in [-0.15, -0.1) is 11.8 Å². The number of amides is 2. The molecule has 0 bridgehead atoms. The lowest BCUT2D eigenvalue weighted by Crippen LogP contribution is -2.50. The summed E-state index contributed by atoms with van der Waals surface area (Å²) in [6, 6.07) is 24.0. The number of carbonyl (C=O) groups is 2. The summed E-state index contributed by atoms with van der Waals surface area (Å²) in [7, 11) is 0. The van der Waals surface area contributed by atoms with Crippen LogP contribution in [0.2, 0.25) is 0 Å². The summed E-state index contributed by atoms with van der Waals surface area (Å²) in [6.45, 7) is 3.11. The molecule has 0 aliphatic carbocycles. The average Bonchev–Trinajstić information content (AvgIpc) is 2.78. The Morgan fingerprint density at radius 1 is 0.833 bits per heavy atom. The molecule has 1 N–H and O–H groups in total. The van der Waals surface area contributed by atoms with Crippen molar-refractivity contribution in [3.05, 3.63) is 72.8 Å². The summed E-state index contributed by atoms with van der Waals surface area (Å²) in [4.78, 5) is 29.9. The number of piperazine rings is 1. The van der Waals surface area contributed by atoms with Crippen molar-refractivity contribution in [2.45, 2.75) is 4.90 Å². The molecule has 154 valence electrons. The number of fused-ring (bicyclic) bond motifs is 1. The van der Waals surface area contributed by atoms with Gasteiger partial charge in [0.15, 0.2) is 0 Å². The van der Waals surface area contributed by atoms with Crippen LogP contribution in [0.1, 0.15) is 0 Å². The average molecular weight is 420 g/mol. The molecule has 30 heavy (non-hydrogen) atoms. The highest BCUT2D eigenvalue weighted by atomic mass is 32.2. The highest BCUT2D eigenvalue weighted by Crippen LogP contribution is 2.24. The summed E-state index contributed by atoms with van der Waals surface area (Å²) in [5.41, 5.74) is 0.807. The van der Waals surface area contributed by atoms with Gasteiger partial charge in [0.1, 0.15) is 0 Å². The van der Waals surface area contributed by atoms with Crippen LogP contribution in [0.4, 0.5) is 5.69 Å². The first kappa shape index (κ1) is 20.4. The molecule has 1 fully saturated rings. The van der Waals surface area contributed by atoms with E-state index < -0.39 is 0 Å². The minimum absolute atomic E-state index is 0.0205. The topological polar surface area (TPSA) is 52.7 Å². The van der Waals surface area contributed by atoms with Crippen LogP contribution in [0, 0.1) is 0 Å². The summed E-state index contributed by atoms with van der Waals surface area (Å²) in [5.74, 6) is 0.571. The number of nitrogens with zero attached hydrogens (tertiary/aromatic N) is 2. The molecule has 0 atom stereocenters. The number of rotatable bonds is 6. The molecule has 1 aliphatic heterocycles. The lowest BCUT2D eigenvalue weighted by Gasteiger charge is -2.34. The summed E-state index contributed by atoms with van der Waals surface area (Å²) in [5, 5.41) is 5.31. The molecule has 0 spiro atoms. The Kier molecular flexibility index (Phi) is 6.67. The van der Waals surface area contributed by atoms with Crippen molar-refractivity contribution < 1.29 is 9.59 Å². The Morgan fingerprint density at radius 2 is 1.53 bits per heavy atom. The van der Waals surface area contributed by atoms with Crippen LogP contribution in [0.15, 0.2) is 77.7 Å². The molecule has 0 saturated carbocycles. The molecule has 2 amide bonds. The standard InChI is InChI=1S/C24H25N3O2S/c28-23(25-21-8-2-1-3-9-21)17-26-12-14-27(15-13-26)24(29)18-30-22-11-10-19-6-4-5-7-20(19)16-22/h1-11,16H,12-15,17-18H2,(H,25,28). The van der Waals surface area contributed by atoms with Crippen LogP contribution in [-0.2, 0) is 9.59 Å². The Morgan fingerprint density at radius 3 is 2.30 bits per heavy atom. The SMILES string of the molecule is O=C(CN1CCN(C(=O)CSc2ccc3ccccc3c2)CC1)Nc1ccccc1. The Bertz CT molecular complexity index is 1020. The fourth-order valence-electron chi connectivity index (χ4n) is 3.57. The van der Waals surface area contributed by atoms with Gasteiger partial charge in [-0.05, 0) is 35.0 Å². The second-order valence-electron chi connectivity index (χ2n) is 7.37. The van der Waals surface area contributed by atoms with Crippen molar-refractivity contribution in [1.82, 2.24) is 9.80 Å². The van der Waals surface area contributed by atoms with Crippen molar-refractivity contribution in [3.63, 3.8) is 0 Å². The number of anilines is 1. The maximum Gasteiger partial charge on any atom is 0.238 e. The lowest BCUT2D eigenvalue weighted by atomic mass is 10.1. The fraction of sp³-hybridized carbons (Fsp3) is 0.250. The van der Waals surface area contributed by atoms with Gasteiger partial charge in [-0.1, -0.05) is 48.5 Å². The fourth-order valence-corrected chi connectivity index (χ4v) is 4.42. The minimum atomic E-state index is -0.0205. The molecule has 3 aromatic carbocycles. The van der Waals surface area contributed by atoms with E-state index in [9.17, 15) is 9.59 Å². The first-order chi connectivity index (χ1) is 14.7. The van der Waals surface area contributed by atoms with Crippen molar-refractivity contribution >= 4 is 40.0 Å². The summed E-state index contributed by atoms with van der Waals surface area (Å²) >= 11 is 1.58. The van der Waals surface area contributed by atoms with E-state index in [4.69, 9.17) is 0 Å². The van der Waals surface area contributed by atoms with Gasteiger partial charge in [-0.3, -0.25) is 14.5 Å². The number of benzene rings is 3. The van der Waals surface area contributed by atoms with Crippen LogP contribution < -0.4 is 5.32 Å². The van der Waals surface area contributed by atoms with Crippen LogP contribution in [0.3, 0.4) is 0 Å². The maximum atomic E-state index is 12.6. The molecular formula is C24H25N3O2S. The van der Waals surface area contributed by atoms with E-state index in [1.54, 1.807) is 11.8 Å². The van der Waals surface area contributed by atoms with Crippen molar-refractivity contribution in [3.8, 4) is 0 Å². The minimum Gasteiger partial charge on any atom is -0.339 e. The number of nitrogens with one attached hydrogen (secondary N) is 1. The van der Waals surface area contributed by atoms with E-state index >= 15 is 0 Å². The number of carbonyl (C=O) groups excluding carboxylic acids is 2. The van der Waals surface area contributed by atoms with Gasteiger partial charge in [0.05, 0.1) is 12.3 Å². The molecule has 5 nitrogen and oxygen atoms in total. The third-order valence-corrected chi connectivity index (χ3v) is 6.21. The third kappa shape index (κ3) is 5.40. The number of hydrogen-bond acceptors (Lipinski definition) is 4. The van der Waals surface area contributed by atoms with Crippen LogP contribution in [0.25, 0.3) is 10.8 Å². The third-order valence-electron chi connectivity index (χ3n) is 5.23.